The average molecular weight is 493 g/mol. The molecule has 6 heteroatoms. The first kappa shape index (κ1) is 23.1. The Labute approximate surface area is 221 Å². The zero-order chi connectivity index (χ0) is 25.6. The van der Waals surface area contributed by atoms with Gasteiger partial charge in [0, 0.05) is 83.7 Å². The third-order valence-corrected chi connectivity index (χ3v) is 6.27. The smallest absolute Gasteiger partial charge is 0.0492 e. The number of hydrogen-bond donors (Lipinski definition) is 0. The van der Waals surface area contributed by atoms with Gasteiger partial charge in [0.05, 0.1) is 0 Å². The first-order valence-corrected chi connectivity index (χ1v) is 12.3. The van der Waals surface area contributed by atoms with Gasteiger partial charge in [0.15, 0.2) is 0 Å². The van der Waals surface area contributed by atoms with E-state index in [1.165, 1.54) is 0 Å². The number of aromatic nitrogens is 4. The van der Waals surface area contributed by atoms with Crippen LogP contribution in [0.5, 0.6) is 0 Å². The minimum Gasteiger partial charge on any atom is -0.310 e. The molecule has 0 saturated heterocycles. The fraction of sp³-hybridized carbons (Fsp3) is 0. The number of nitrogens with zero attached hydrogens (tertiary/aromatic N) is 6. The number of anilines is 6. The third kappa shape index (κ3) is 4.83. The molecule has 4 aromatic heterocycles. The summed E-state index contributed by atoms with van der Waals surface area (Å²) >= 11 is 0. The molecule has 0 unspecified atom stereocenters. The van der Waals surface area contributed by atoms with Crippen LogP contribution in [0.15, 0.2) is 147 Å². The van der Waals surface area contributed by atoms with Crippen LogP contribution in [0.25, 0.3) is 11.1 Å². The van der Waals surface area contributed by atoms with Crippen LogP contribution in [0.2, 0.25) is 0 Å². The van der Waals surface area contributed by atoms with Crippen molar-refractivity contribution in [2.45, 2.75) is 0 Å². The minimum absolute atomic E-state index is 1.04. The summed E-state index contributed by atoms with van der Waals surface area (Å²) < 4.78 is 0. The Hall–Kier alpha value is -5.36. The van der Waals surface area contributed by atoms with Crippen molar-refractivity contribution in [3.05, 3.63) is 147 Å². The lowest BCUT2D eigenvalue weighted by Gasteiger charge is -2.25. The lowest BCUT2D eigenvalue weighted by molar-refractivity contribution is 1.22. The Bertz CT molecular complexity index is 1370. The molecule has 38 heavy (non-hydrogen) atoms. The second kappa shape index (κ2) is 10.7. The lowest BCUT2D eigenvalue weighted by atomic mass is 10.0. The molecule has 6 rings (SSSR count). The van der Waals surface area contributed by atoms with Crippen molar-refractivity contribution in [3.63, 3.8) is 0 Å². The molecule has 0 aliphatic carbocycles. The summed E-state index contributed by atoms with van der Waals surface area (Å²) in [7, 11) is 0. The summed E-state index contributed by atoms with van der Waals surface area (Å²) in [6, 6.07) is 33.2. The van der Waals surface area contributed by atoms with Gasteiger partial charge in [-0.15, -0.1) is 0 Å². The molecule has 0 radical (unpaired) electrons. The molecule has 182 valence electrons. The van der Waals surface area contributed by atoms with Gasteiger partial charge in [0.2, 0.25) is 0 Å². The summed E-state index contributed by atoms with van der Waals surface area (Å²) in [5.74, 6) is 0. The number of pyridine rings is 4. The molecule has 0 N–H and O–H groups in total. The Morgan fingerprint density at radius 3 is 0.711 bits per heavy atom. The van der Waals surface area contributed by atoms with E-state index in [-0.39, 0.29) is 0 Å². The van der Waals surface area contributed by atoms with Crippen LogP contribution in [-0.4, -0.2) is 19.9 Å². The van der Waals surface area contributed by atoms with E-state index in [9.17, 15) is 0 Å². The zero-order valence-corrected chi connectivity index (χ0v) is 20.5. The molecule has 6 aromatic rings. The van der Waals surface area contributed by atoms with Crippen molar-refractivity contribution in [1.82, 2.24) is 19.9 Å². The van der Waals surface area contributed by atoms with Crippen molar-refractivity contribution in [2.75, 3.05) is 9.80 Å². The van der Waals surface area contributed by atoms with Crippen molar-refractivity contribution < 1.29 is 0 Å². The van der Waals surface area contributed by atoms with Crippen LogP contribution in [0.1, 0.15) is 0 Å². The van der Waals surface area contributed by atoms with Gasteiger partial charge in [-0.1, -0.05) is 24.3 Å². The fourth-order valence-corrected chi connectivity index (χ4v) is 4.47. The largest absolute Gasteiger partial charge is 0.310 e. The molecular formula is C32H24N6. The van der Waals surface area contributed by atoms with Gasteiger partial charge in [-0.25, -0.2) is 0 Å². The highest BCUT2D eigenvalue weighted by molar-refractivity contribution is 5.80. The van der Waals surface area contributed by atoms with Crippen molar-refractivity contribution in [3.8, 4) is 11.1 Å². The normalized spacial score (nSPS) is 10.6. The molecule has 0 aliphatic rings. The number of hydrogen-bond acceptors (Lipinski definition) is 6. The van der Waals surface area contributed by atoms with Gasteiger partial charge < -0.3 is 9.80 Å². The van der Waals surface area contributed by atoms with Gasteiger partial charge >= 0.3 is 0 Å². The average Bonchev–Trinajstić information content (AvgIpc) is 3.00. The second-order valence-corrected chi connectivity index (χ2v) is 8.59. The van der Waals surface area contributed by atoms with Gasteiger partial charge in [0.25, 0.3) is 0 Å². The molecular weight excluding hydrogens is 468 g/mol. The molecule has 0 atom stereocenters. The van der Waals surface area contributed by atoms with Crippen LogP contribution >= 0.6 is 0 Å². The van der Waals surface area contributed by atoms with E-state index in [2.05, 4.69) is 78.3 Å². The molecule has 4 heterocycles. The number of rotatable bonds is 7. The maximum Gasteiger partial charge on any atom is 0.0492 e. The van der Waals surface area contributed by atoms with E-state index in [0.717, 1.165) is 45.3 Å². The van der Waals surface area contributed by atoms with Crippen molar-refractivity contribution in [1.29, 1.82) is 0 Å². The fourth-order valence-electron chi connectivity index (χ4n) is 4.47. The first-order chi connectivity index (χ1) is 18.9. The maximum absolute atomic E-state index is 4.18. The third-order valence-electron chi connectivity index (χ3n) is 6.27. The molecule has 0 fully saturated rings. The SMILES string of the molecule is c1cc(N(c2ccncc2)c2ccc(-c3ccc(N(c4ccncc4)c4ccncc4)cc3)cc2)ccn1. The van der Waals surface area contributed by atoms with Crippen molar-refractivity contribution in [2.24, 2.45) is 0 Å². The van der Waals surface area contributed by atoms with Crippen LogP contribution in [0, 0.1) is 0 Å². The Balaban J connectivity index is 1.31. The zero-order valence-electron chi connectivity index (χ0n) is 20.5. The molecule has 6 nitrogen and oxygen atoms in total. The van der Waals surface area contributed by atoms with E-state index >= 15 is 0 Å². The summed E-state index contributed by atoms with van der Waals surface area (Å²) in [5.41, 5.74) is 8.55. The van der Waals surface area contributed by atoms with E-state index in [0.29, 0.717) is 0 Å². The predicted octanol–water partition coefficient (Wildman–Crippen LogP) is 7.87. The monoisotopic (exact) mass is 492 g/mol. The summed E-state index contributed by atoms with van der Waals surface area (Å²) in [5, 5.41) is 0. The van der Waals surface area contributed by atoms with E-state index in [4.69, 9.17) is 0 Å². The standard InChI is InChI=1S/C32H24N6/c1-5-27(37(29-9-17-33-18-10-29)30-11-19-34-20-12-30)6-2-25(1)26-3-7-28(8-4-26)38(31-13-21-35-22-14-31)32-15-23-36-24-16-32/h1-24H. The summed E-state index contributed by atoms with van der Waals surface area (Å²) in [6.07, 6.45) is 14.4. The summed E-state index contributed by atoms with van der Waals surface area (Å²) in [4.78, 5) is 21.1. The highest BCUT2D eigenvalue weighted by Gasteiger charge is 2.14. The minimum atomic E-state index is 1.04. The Morgan fingerprint density at radius 1 is 0.263 bits per heavy atom. The first-order valence-electron chi connectivity index (χ1n) is 12.3. The molecule has 0 spiro atoms. The van der Waals surface area contributed by atoms with Crippen LogP contribution in [0.3, 0.4) is 0 Å². The molecule has 0 aliphatic heterocycles. The summed E-state index contributed by atoms with van der Waals surface area (Å²) in [6.45, 7) is 0. The predicted molar refractivity (Wildman–Crippen MR) is 152 cm³/mol. The van der Waals surface area contributed by atoms with Crippen molar-refractivity contribution >= 4 is 34.1 Å². The Kier molecular flexibility index (Phi) is 6.51. The van der Waals surface area contributed by atoms with Crippen LogP contribution in [0.4, 0.5) is 34.1 Å². The van der Waals surface area contributed by atoms with E-state index in [1.54, 1.807) is 49.6 Å². The topological polar surface area (TPSA) is 58.0 Å². The van der Waals surface area contributed by atoms with Crippen LogP contribution in [-0.2, 0) is 0 Å². The van der Waals surface area contributed by atoms with E-state index in [1.807, 2.05) is 48.5 Å². The van der Waals surface area contributed by atoms with Gasteiger partial charge in [-0.2, -0.15) is 0 Å². The van der Waals surface area contributed by atoms with Gasteiger partial charge in [-0.05, 0) is 83.9 Å². The van der Waals surface area contributed by atoms with Crippen LogP contribution < -0.4 is 9.80 Å². The molecule has 0 amide bonds. The highest BCUT2D eigenvalue weighted by atomic mass is 15.1. The second-order valence-electron chi connectivity index (χ2n) is 8.59. The maximum atomic E-state index is 4.18. The van der Waals surface area contributed by atoms with Gasteiger partial charge in [-0.3, -0.25) is 19.9 Å². The van der Waals surface area contributed by atoms with E-state index < -0.39 is 0 Å². The Morgan fingerprint density at radius 2 is 0.474 bits per heavy atom. The number of benzene rings is 2. The molecule has 0 bridgehead atoms. The molecule has 2 aromatic carbocycles. The van der Waals surface area contributed by atoms with Gasteiger partial charge in [0.1, 0.15) is 0 Å². The highest BCUT2D eigenvalue weighted by Crippen LogP contribution is 2.37. The lowest BCUT2D eigenvalue weighted by Crippen LogP contribution is -2.10. The quantitative estimate of drug-likeness (QED) is 0.226. The molecule has 0 saturated carbocycles.